The van der Waals surface area contributed by atoms with Crippen LogP contribution in [0.5, 0.6) is 0 Å². The number of carbonyl (C=O) groups excluding carboxylic acids is 1. The van der Waals surface area contributed by atoms with Gasteiger partial charge in [-0.05, 0) is 63.5 Å². The molecular weight excluding hydrogens is 278 g/mol. The molecule has 2 aliphatic rings. The second-order valence-electron chi connectivity index (χ2n) is 6.44. The molecule has 3 heterocycles. The zero-order valence-electron chi connectivity index (χ0n) is 13.7. The van der Waals surface area contributed by atoms with Crippen LogP contribution in [0, 0.1) is 5.92 Å². The van der Waals surface area contributed by atoms with Gasteiger partial charge in [0.2, 0.25) is 5.91 Å². The number of hydrogen-bond donors (Lipinski definition) is 1. The molecule has 0 spiro atoms. The number of likely N-dealkylation sites (tertiary alicyclic amines) is 1. The van der Waals surface area contributed by atoms with Crippen LogP contribution < -0.4 is 5.32 Å². The Morgan fingerprint density at radius 3 is 2.77 bits per heavy atom. The van der Waals surface area contributed by atoms with E-state index in [1.165, 1.54) is 25.9 Å². The van der Waals surface area contributed by atoms with Crippen LogP contribution in [-0.4, -0.2) is 55.5 Å². The fourth-order valence-electron chi connectivity index (χ4n) is 3.70. The highest BCUT2D eigenvalue weighted by molar-refractivity contribution is 5.83. The standard InChI is InChI=1S/C17H27N3O2/c1-3-19-8-4-13(5-9-19)12-20-10-6-14-7-11-22-16(14)15(18-2)17(20)21/h7,11,13,15,18H,3-6,8-10,12H2,1-2H3. The van der Waals surface area contributed by atoms with Crippen molar-refractivity contribution in [2.45, 2.75) is 32.2 Å². The van der Waals surface area contributed by atoms with Crippen LogP contribution in [-0.2, 0) is 11.2 Å². The van der Waals surface area contributed by atoms with E-state index in [1.54, 1.807) is 6.26 Å². The number of amides is 1. The van der Waals surface area contributed by atoms with Crippen LogP contribution in [0.3, 0.4) is 0 Å². The van der Waals surface area contributed by atoms with Crippen LogP contribution in [0.4, 0.5) is 0 Å². The Morgan fingerprint density at radius 1 is 1.32 bits per heavy atom. The first kappa shape index (κ1) is 15.6. The zero-order chi connectivity index (χ0) is 15.5. The van der Waals surface area contributed by atoms with Crippen molar-refractivity contribution in [1.29, 1.82) is 0 Å². The summed E-state index contributed by atoms with van der Waals surface area (Å²) in [6.45, 7) is 7.38. The molecule has 1 N–H and O–H groups in total. The lowest BCUT2D eigenvalue weighted by Gasteiger charge is -2.34. The van der Waals surface area contributed by atoms with E-state index in [9.17, 15) is 4.79 Å². The number of hydrogen-bond acceptors (Lipinski definition) is 4. The molecule has 0 aliphatic carbocycles. The van der Waals surface area contributed by atoms with Gasteiger partial charge in [-0.15, -0.1) is 0 Å². The molecule has 122 valence electrons. The molecule has 2 aliphatic heterocycles. The molecule has 0 bridgehead atoms. The van der Waals surface area contributed by atoms with Crippen LogP contribution in [0.25, 0.3) is 0 Å². The molecule has 3 rings (SSSR count). The van der Waals surface area contributed by atoms with E-state index in [4.69, 9.17) is 4.42 Å². The molecular formula is C17H27N3O2. The first-order chi connectivity index (χ1) is 10.7. The maximum atomic E-state index is 12.8. The summed E-state index contributed by atoms with van der Waals surface area (Å²) in [5.41, 5.74) is 1.16. The van der Waals surface area contributed by atoms with E-state index in [-0.39, 0.29) is 11.9 Å². The van der Waals surface area contributed by atoms with Gasteiger partial charge < -0.3 is 19.5 Å². The molecule has 0 saturated carbocycles. The number of likely N-dealkylation sites (N-methyl/N-ethyl adjacent to an activating group) is 1. The molecule has 1 aromatic heterocycles. The van der Waals surface area contributed by atoms with E-state index in [1.807, 2.05) is 18.0 Å². The van der Waals surface area contributed by atoms with Gasteiger partial charge in [0, 0.05) is 13.1 Å². The van der Waals surface area contributed by atoms with Gasteiger partial charge >= 0.3 is 0 Å². The van der Waals surface area contributed by atoms with Crippen molar-refractivity contribution in [3.8, 4) is 0 Å². The lowest BCUT2D eigenvalue weighted by Crippen LogP contribution is -2.44. The minimum Gasteiger partial charge on any atom is -0.467 e. The smallest absolute Gasteiger partial charge is 0.247 e. The molecule has 1 saturated heterocycles. The lowest BCUT2D eigenvalue weighted by atomic mass is 9.96. The summed E-state index contributed by atoms with van der Waals surface area (Å²) in [5, 5.41) is 3.13. The van der Waals surface area contributed by atoms with Crippen molar-refractivity contribution >= 4 is 5.91 Å². The minimum atomic E-state index is -0.330. The highest BCUT2D eigenvalue weighted by atomic mass is 16.3. The Morgan fingerprint density at radius 2 is 2.09 bits per heavy atom. The number of carbonyl (C=O) groups is 1. The second-order valence-corrected chi connectivity index (χ2v) is 6.44. The number of furan rings is 1. The average Bonchev–Trinajstić information content (AvgIpc) is 2.96. The van der Waals surface area contributed by atoms with Crippen LogP contribution in [0.1, 0.15) is 37.1 Å². The summed E-state index contributed by atoms with van der Waals surface area (Å²) in [6, 6.07) is 1.67. The zero-order valence-corrected chi connectivity index (χ0v) is 13.7. The van der Waals surface area contributed by atoms with Crippen molar-refractivity contribution in [1.82, 2.24) is 15.1 Å². The summed E-state index contributed by atoms with van der Waals surface area (Å²) in [7, 11) is 1.83. The quantitative estimate of drug-likeness (QED) is 0.919. The van der Waals surface area contributed by atoms with Crippen molar-refractivity contribution in [2.75, 3.05) is 39.8 Å². The molecule has 0 aromatic carbocycles. The molecule has 1 unspecified atom stereocenters. The SMILES string of the molecule is CCN1CCC(CN2CCc3ccoc3C(NC)C2=O)CC1. The molecule has 5 heteroatoms. The molecule has 1 aromatic rings. The molecule has 0 radical (unpaired) electrons. The normalized spacial score (nSPS) is 24.4. The minimum absolute atomic E-state index is 0.161. The average molecular weight is 305 g/mol. The van der Waals surface area contributed by atoms with Gasteiger partial charge in [-0.3, -0.25) is 4.79 Å². The first-order valence-corrected chi connectivity index (χ1v) is 8.47. The fraction of sp³-hybridized carbons (Fsp3) is 0.706. The molecule has 1 amide bonds. The van der Waals surface area contributed by atoms with E-state index in [0.717, 1.165) is 37.4 Å². The number of piperidine rings is 1. The van der Waals surface area contributed by atoms with Gasteiger partial charge in [0.05, 0.1) is 6.26 Å². The Balaban J connectivity index is 1.65. The number of nitrogens with one attached hydrogen (secondary N) is 1. The van der Waals surface area contributed by atoms with Gasteiger partial charge in [-0.1, -0.05) is 6.92 Å². The number of fused-ring (bicyclic) bond motifs is 1. The fourth-order valence-corrected chi connectivity index (χ4v) is 3.70. The number of nitrogens with zero attached hydrogens (tertiary/aromatic N) is 2. The Kier molecular flexibility index (Phi) is 4.84. The molecule has 1 fully saturated rings. The lowest BCUT2D eigenvalue weighted by molar-refractivity contribution is -0.134. The van der Waals surface area contributed by atoms with Gasteiger partial charge in [0.25, 0.3) is 0 Å². The molecule has 1 atom stereocenters. The third kappa shape index (κ3) is 3.06. The highest BCUT2D eigenvalue weighted by Gasteiger charge is 2.33. The molecule has 22 heavy (non-hydrogen) atoms. The highest BCUT2D eigenvalue weighted by Crippen LogP contribution is 2.27. The van der Waals surface area contributed by atoms with Gasteiger partial charge in [0.1, 0.15) is 11.8 Å². The summed E-state index contributed by atoms with van der Waals surface area (Å²) in [6.07, 6.45) is 4.98. The topological polar surface area (TPSA) is 48.7 Å². The largest absolute Gasteiger partial charge is 0.467 e. The Bertz CT molecular complexity index is 506. The molecule has 5 nitrogen and oxygen atoms in total. The van der Waals surface area contributed by atoms with E-state index in [2.05, 4.69) is 17.1 Å². The summed E-state index contributed by atoms with van der Waals surface area (Å²) < 4.78 is 5.56. The monoisotopic (exact) mass is 305 g/mol. The number of rotatable bonds is 4. The third-order valence-corrected chi connectivity index (χ3v) is 5.17. The van der Waals surface area contributed by atoms with Crippen LogP contribution in [0.15, 0.2) is 16.7 Å². The van der Waals surface area contributed by atoms with Crippen LogP contribution >= 0.6 is 0 Å². The van der Waals surface area contributed by atoms with Crippen molar-refractivity contribution in [3.05, 3.63) is 23.7 Å². The predicted octanol–water partition coefficient (Wildman–Crippen LogP) is 1.66. The Labute approximate surface area is 132 Å². The van der Waals surface area contributed by atoms with Gasteiger partial charge in [0.15, 0.2) is 0 Å². The summed E-state index contributed by atoms with van der Waals surface area (Å²) in [4.78, 5) is 17.4. The predicted molar refractivity (Wildman–Crippen MR) is 85.6 cm³/mol. The van der Waals surface area contributed by atoms with Crippen LogP contribution in [0.2, 0.25) is 0 Å². The van der Waals surface area contributed by atoms with E-state index >= 15 is 0 Å². The van der Waals surface area contributed by atoms with Gasteiger partial charge in [-0.25, -0.2) is 0 Å². The van der Waals surface area contributed by atoms with Gasteiger partial charge in [-0.2, -0.15) is 0 Å². The van der Waals surface area contributed by atoms with E-state index < -0.39 is 0 Å². The van der Waals surface area contributed by atoms with Crippen molar-refractivity contribution in [2.24, 2.45) is 5.92 Å². The second kappa shape index (κ2) is 6.84. The first-order valence-electron chi connectivity index (χ1n) is 8.47. The van der Waals surface area contributed by atoms with Crippen molar-refractivity contribution in [3.63, 3.8) is 0 Å². The third-order valence-electron chi connectivity index (χ3n) is 5.17. The summed E-state index contributed by atoms with van der Waals surface area (Å²) >= 11 is 0. The Hall–Kier alpha value is -1.33. The maximum absolute atomic E-state index is 12.8. The summed E-state index contributed by atoms with van der Waals surface area (Å²) in [5.74, 6) is 1.60. The van der Waals surface area contributed by atoms with E-state index in [0.29, 0.717) is 5.92 Å². The maximum Gasteiger partial charge on any atom is 0.247 e. The van der Waals surface area contributed by atoms with Crippen molar-refractivity contribution < 1.29 is 9.21 Å².